The van der Waals surface area contributed by atoms with Gasteiger partial charge in [-0.1, -0.05) is 13.0 Å². The molecule has 0 spiro atoms. The van der Waals surface area contributed by atoms with Crippen LogP contribution in [0.2, 0.25) is 0 Å². The summed E-state index contributed by atoms with van der Waals surface area (Å²) in [5, 5.41) is 3.69. The Bertz CT molecular complexity index is 616. The maximum absolute atomic E-state index is 12.4. The predicted molar refractivity (Wildman–Crippen MR) is 80.3 cm³/mol. The van der Waals surface area contributed by atoms with Gasteiger partial charge in [-0.25, -0.2) is 0 Å². The number of amides is 1. The van der Waals surface area contributed by atoms with Crippen molar-refractivity contribution < 1.29 is 18.7 Å². The van der Waals surface area contributed by atoms with Gasteiger partial charge in [0.2, 0.25) is 0 Å². The highest BCUT2D eigenvalue weighted by molar-refractivity contribution is 6.06. The molecule has 0 fully saturated rings. The summed E-state index contributed by atoms with van der Waals surface area (Å²) in [5.41, 5.74) is 2.40. The first-order valence-electron chi connectivity index (χ1n) is 6.97. The fourth-order valence-electron chi connectivity index (χ4n) is 2.33. The van der Waals surface area contributed by atoms with E-state index in [1.807, 2.05) is 25.1 Å². The average Bonchev–Trinajstić information content (AvgIpc) is 2.91. The minimum absolute atomic E-state index is 0.200. The van der Waals surface area contributed by atoms with Crippen molar-refractivity contribution in [2.75, 3.05) is 14.2 Å². The van der Waals surface area contributed by atoms with Crippen molar-refractivity contribution in [3.05, 3.63) is 35.6 Å². The quantitative estimate of drug-likeness (QED) is 0.831. The average molecular weight is 291 g/mol. The van der Waals surface area contributed by atoms with Crippen LogP contribution in [0.4, 0.5) is 0 Å². The van der Waals surface area contributed by atoms with Gasteiger partial charge in [-0.15, -0.1) is 0 Å². The lowest BCUT2D eigenvalue weighted by Gasteiger charge is -2.21. The summed E-state index contributed by atoms with van der Waals surface area (Å²) >= 11 is 0. The molecule has 5 heteroatoms. The Morgan fingerprint density at radius 3 is 2.67 bits per heavy atom. The lowest BCUT2D eigenvalue weighted by atomic mass is 10.1. The van der Waals surface area contributed by atoms with Gasteiger partial charge in [0.05, 0.1) is 11.6 Å². The van der Waals surface area contributed by atoms with E-state index in [0.29, 0.717) is 11.1 Å². The van der Waals surface area contributed by atoms with Gasteiger partial charge < -0.3 is 19.2 Å². The van der Waals surface area contributed by atoms with Crippen molar-refractivity contribution in [2.45, 2.75) is 32.6 Å². The summed E-state index contributed by atoms with van der Waals surface area (Å²) in [6, 6.07) is 5.61. The first-order chi connectivity index (χ1) is 10.1. The fourth-order valence-corrected chi connectivity index (χ4v) is 2.33. The van der Waals surface area contributed by atoms with Crippen molar-refractivity contribution in [1.82, 2.24) is 5.32 Å². The minimum atomic E-state index is -0.488. The van der Waals surface area contributed by atoms with Crippen LogP contribution in [0.5, 0.6) is 0 Å². The van der Waals surface area contributed by atoms with Crippen molar-refractivity contribution in [2.24, 2.45) is 0 Å². The van der Waals surface area contributed by atoms with Gasteiger partial charge in [0.1, 0.15) is 11.8 Å². The van der Waals surface area contributed by atoms with Crippen molar-refractivity contribution in [3.63, 3.8) is 0 Å². The second-order valence-corrected chi connectivity index (χ2v) is 4.94. The number of carbonyl (C=O) groups is 1. The van der Waals surface area contributed by atoms with E-state index >= 15 is 0 Å². The molecule has 21 heavy (non-hydrogen) atoms. The third-order valence-electron chi connectivity index (χ3n) is 3.52. The number of benzene rings is 1. The molecule has 1 aromatic heterocycles. The first-order valence-corrected chi connectivity index (χ1v) is 6.97. The molecule has 1 N–H and O–H groups in total. The first kappa shape index (κ1) is 15.5. The Balaban J connectivity index is 2.23. The van der Waals surface area contributed by atoms with Crippen LogP contribution in [-0.4, -0.2) is 32.5 Å². The summed E-state index contributed by atoms with van der Waals surface area (Å²) in [5.74, 6) is -0.200. The molecule has 1 heterocycles. The summed E-state index contributed by atoms with van der Waals surface area (Å²) in [6.07, 6.45) is 1.91. The third-order valence-corrected chi connectivity index (χ3v) is 3.52. The van der Waals surface area contributed by atoms with Crippen molar-refractivity contribution in [3.8, 4) is 0 Å². The fraction of sp³-hybridized carbons (Fsp3) is 0.438. The number of carbonyl (C=O) groups excluding carboxylic acids is 1. The Morgan fingerprint density at radius 1 is 1.33 bits per heavy atom. The normalized spacial score (nSPS) is 12.8. The molecule has 0 saturated carbocycles. The Kier molecular flexibility index (Phi) is 4.98. The van der Waals surface area contributed by atoms with E-state index in [2.05, 4.69) is 12.2 Å². The third kappa shape index (κ3) is 3.25. The van der Waals surface area contributed by atoms with Gasteiger partial charge in [0.25, 0.3) is 5.91 Å². The maximum Gasteiger partial charge on any atom is 0.255 e. The zero-order valence-electron chi connectivity index (χ0n) is 12.8. The largest absolute Gasteiger partial charge is 0.463 e. The van der Waals surface area contributed by atoms with E-state index in [0.717, 1.165) is 17.4 Å². The molecule has 1 amide bonds. The van der Waals surface area contributed by atoms with Crippen LogP contribution in [0.25, 0.3) is 11.0 Å². The lowest BCUT2D eigenvalue weighted by molar-refractivity contribution is -0.117. The standard InChI is InChI=1S/C16H21NO4/c1-5-11-6-7-14-12(8-11)13(9-21-14)15(18)17-10(2)16(19-3)20-4/h6-10,16H,5H2,1-4H3,(H,17,18). The van der Waals surface area contributed by atoms with Crippen LogP contribution >= 0.6 is 0 Å². The number of hydrogen-bond acceptors (Lipinski definition) is 4. The lowest BCUT2D eigenvalue weighted by Crippen LogP contribution is -2.42. The van der Waals surface area contributed by atoms with E-state index in [-0.39, 0.29) is 11.9 Å². The zero-order valence-corrected chi connectivity index (χ0v) is 12.8. The van der Waals surface area contributed by atoms with Crippen molar-refractivity contribution >= 4 is 16.9 Å². The summed E-state index contributed by atoms with van der Waals surface area (Å²) in [4.78, 5) is 12.4. The molecule has 114 valence electrons. The van der Waals surface area contributed by atoms with E-state index in [1.54, 1.807) is 0 Å². The smallest absolute Gasteiger partial charge is 0.255 e. The number of ether oxygens (including phenoxy) is 2. The second kappa shape index (κ2) is 6.74. The molecule has 0 aliphatic carbocycles. The number of rotatable bonds is 6. The SMILES string of the molecule is CCc1ccc2occ(C(=O)NC(C)C(OC)OC)c2c1. The molecular weight excluding hydrogens is 270 g/mol. The Labute approximate surface area is 124 Å². The molecule has 2 aromatic rings. The van der Waals surface area contributed by atoms with E-state index in [9.17, 15) is 4.79 Å². The number of fused-ring (bicyclic) bond motifs is 1. The van der Waals surface area contributed by atoms with Gasteiger partial charge >= 0.3 is 0 Å². The number of hydrogen-bond donors (Lipinski definition) is 1. The molecule has 0 saturated heterocycles. The molecule has 2 rings (SSSR count). The topological polar surface area (TPSA) is 60.7 Å². The number of methoxy groups -OCH3 is 2. The maximum atomic E-state index is 12.4. The molecule has 5 nitrogen and oxygen atoms in total. The highest BCUT2D eigenvalue weighted by Crippen LogP contribution is 2.23. The Morgan fingerprint density at radius 2 is 2.05 bits per heavy atom. The summed E-state index contributed by atoms with van der Waals surface area (Å²) in [7, 11) is 3.08. The van der Waals surface area contributed by atoms with Crippen LogP contribution in [0, 0.1) is 0 Å². The zero-order chi connectivity index (χ0) is 15.4. The molecule has 1 unspecified atom stereocenters. The molecule has 1 aromatic carbocycles. The van der Waals surface area contributed by atoms with Gasteiger partial charge in [-0.2, -0.15) is 0 Å². The minimum Gasteiger partial charge on any atom is -0.463 e. The van der Waals surface area contributed by atoms with Crippen LogP contribution in [0.1, 0.15) is 29.8 Å². The number of aryl methyl sites for hydroxylation is 1. The molecule has 1 atom stereocenters. The van der Waals surface area contributed by atoms with Crippen molar-refractivity contribution in [1.29, 1.82) is 0 Å². The van der Waals surface area contributed by atoms with Gasteiger partial charge in [-0.3, -0.25) is 4.79 Å². The molecule has 0 radical (unpaired) electrons. The molecule has 0 bridgehead atoms. The van der Waals surface area contributed by atoms with E-state index < -0.39 is 6.29 Å². The van der Waals surface area contributed by atoms with Crippen LogP contribution in [0.15, 0.2) is 28.9 Å². The molecular formula is C16H21NO4. The Hall–Kier alpha value is -1.85. The summed E-state index contributed by atoms with van der Waals surface area (Å²) in [6.45, 7) is 3.90. The number of nitrogens with one attached hydrogen (secondary N) is 1. The second-order valence-electron chi connectivity index (χ2n) is 4.94. The van der Waals surface area contributed by atoms with E-state index in [1.165, 1.54) is 20.5 Å². The highest BCUT2D eigenvalue weighted by atomic mass is 16.7. The van der Waals surface area contributed by atoms with Crippen LogP contribution < -0.4 is 5.32 Å². The number of furan rings is 1. The predicted octanol–water partition coefficient (Wildman–Crippen LogP) is 2.73. The highest BCUT2D eigenvalue weighted by Gasteiger charge is 2.21. The summed E-state index contributed by atoms with van der Waals surface area (Å²) < 4.78 is 15.7. The van der Waals surface area contributed by atoms with Crippen LogP contribution in [-0.2, 0) is 15.9 Å². The molecule has 0 aliphatic rings. The van der Waals surface area contributed by atoms with Gasteiger partial charge in [0, 0.05) is 19.6 Å². The van der Waals surface area contributed by atoms with Gasteiger partial charge in [-0.05, 0) is 31.0 Å². The molecule has 0 aliphatic heterocycles. The van der Waals surface area contributed by atoms with Gasteiger partial charge in [0.15, 0.2) is 6.29 Å². The van der Waals surface area contributed by atoms with Crippen LogP contribution in [0.3, 0.4) is 0 Å². The monoisotopic (exact) mass is 291 g/mol. The van der Waals surface area contributed by atoms with E-state index in [4.69, 9.17) is 13.9 Å².